The SMILES string of the molecule is CC(C)N[C@@H](Cc1ccccc1)NC(=O)NCC(=O)C(C)C. The van der Waals surface area contributed by atoms with Gasteiger partial charge in [0.2, 0.25) is 0 Å². The first kappa shape index (κ1) is 18.2. The summed E-state index contributed by atoms with van der Waals surface area (Å²) in [7, 11) is 0. The first-order valence-corrected chi connectivity index (χ1v) is 7.75. The minimum absolute atomic E-state index is 0.0200. The van der Waals surface area contributed by atoms with E-state index in [0.29, 0.717) is 6.42 Å². The molecule has 0 aliphatic heterocycles. The summed E-state index contributed by atoms with van der Waals surface area (Å²) in [6.07, 6.45) is 0.501. The molecule has 0 aliphatic rings. The van der Waals surface area contributed by atoms with Crippen molar-refractivity contribution in [2.24, 2.45) is 5.92 Å². The van der Waals surface area contributed by atoms with Crippen molar-refractivity contribution >= 4 is 11.8 Å². The lowest BCUT2D eigenvalue weighted by Crippen LogP contribution is -2.53. The summed E-state index contributed by atoms with van der Waals surface area (Å²) in [5, 5.41) is 8.80. The lowest BCUT2D eigenvalue weighted by Gasteiger charge is -2.23. The molecule has 0 heterocycles. The van der Waals surface area contributed by atoms with Gasteiger partial charge in [0.25, 0.3) is 0 Å². The summed E-state index contributed by atoms with van der Waals surface area (Å²) in [4.78, 5) is 23.5. The van der Waals surface area contributed by atoms with Crippen LogP contribution < -0.4 is 16.0 Å². The highest BCUT2D eigenvalue weighted by Gasteiger charge is 2.15. The second-order valence-corrected chi connectivity index (χ2v) is 6.01. The maximum Gasteiger partial charge on any atom is 0.316 e. The van der Waals surface area contributed by atoms with Crippen molar-refractivity contribution in [2.75, 3.05) is 6.54 Å². The molecule has 0 aromatic heterocycles. The molecule has 0 radical (unpaired) electrons. The average Bonchev–Trinajstić information content (AvgIpc) is 2.44. The van der Waals surface area contributed by atoms with E-state index < -0.39 is 0 Å². The summed E-state index contributed by atoms with van der Waals surface area (Å²) < 4.78 is 0. The van der Waals surface area contributed by atoms with Gasteiger partial charge in [-0.1, -0.05) is 44.2 Å². The average molecular weight is 305 g/mol. The summed E-state index contributed by atoms with van der Waals surface area (Å²) in [6, 6.07) is 9.88. The molecule has 2 amide bonds. The number of rotatable bonds is 8. The van der Waals surface area contributed by atoms with E-state index >= 15 is 0 Å². The number of carbonyl (C=O) groups is 2. The van der Waals surface area contributed by atoms with Crippen LogP contribution in [0.1, 0.15) is 33.3 Å². The Bertz CT molecular complexity index is 472. The van der Waals surface area contributed by atoms with E-state index in [9.17, 15) is 9.59 Å². The molecule has 3 N–H and O–H groups in total. The van der Waals surface area contributed by atoms with Crippen LogP contribution in [0.2, 0.25) is 0 Å². The van der Waals surface area contributed by atoms with Gasteiger partial charge in [-0.05, 0) is 19.4 Å². The van der Waals surface area contributed by atoms with Gasteiger partial charge in [-0.2, -0.15) is 0 Å². The van der Waals surface area contributed by atoms with Crippen molar-refractivity contribution in [3.63, 3.8) is 0 Å². The Hall–Kier alpha value is -1.88. The quantitative estimate of drug-likeness (QED) is 0.644. The normalized spacial score (nSPS) is 12.3. The topological polar surface area (TPSA) is 70.2 Å². The smallest absolute Gasteiger partial charge is 0.316 e. The molecule has 5 nitrogen and oxygen atoms in total. The Kier molecular flexibility index (Phi) is 7.60. The zero-order valence-electron chi connectivity index (χ0n) is 13.8. The summed E-state index contributed by atoms with van der Waals surface area (Å²) >= 11 is 0. The fourth-order valence-corrected chi connectivity index (χ4v) is 1.98. The van der Waals surface area contributed by atoms with E-state index in [-0.39, 0.29) is 36.5 Å². The fourth-order valence-electron chi connectivity index (χ4n) is 1.98. The summed E-state index contributed by atoms with van der Waals surface area (Å²) in [5.74, 6) is -0.0548. The van der Waals surface area contributed by atoms with Gasteiger partial charge in [0.05, 0.1) is 12.7 Å². The fraction of sp³-hybridized carbons (Fsp3) is 0.529. The van der Waals surface area contributed by atoms with Crippen LogP contribution in [-0.2, 0) is 11.2 Å². The highest BCUT2D eigenvalue weighted by molar-refractivity contribution is 5.86. The van der Waals surface area contributed by atoms with E-state index in [1.807, 2.05) is 58.0 Å². The van der Waals surface area contributed by atoms with E-state index in [2.05, 4.69) is 16.0 Å². The van der Waals surface area contributed by atoms with Crippen LogP contribution in [0.25, 0.3) is 0 Å². The first-order valence-electron chi connectivity index (χ1n) is 7.75. The van der Waals surface area contributed by atoms with Crippen LogP contribution >= 0.6 is 0 Å². The zero-order chi connectivity index (χ0) is 16.5. The monoisotopic (exact) mass is 305 g/mol. The molecule has 1 aromatic carbocycles. The largest absolute Gasteiger partial charge is 0.331 e. The van der Waals surface area contributed by atoms with Crippen LogP contribution in [0.15, 0.2) is 30.3 Å². The maximum absolute atomic E-state index is 11.9. The minimum atomic E-state index is -0.330. The zero-order valence-corrected chi connectivity index (χ0v) is 13.8. The maximum atomic E-state index is 11.9. The number of Topliss-reactive ketones (excluding diaryl/α,β-unsaturated/α-hetero) is 1. The predicted molar refractivity (Wildman–Crippen MR) is 88.6 cm³/mol. The third-order valence-electron chi connectivity index (χ3n) is 3.19. The molecular formula is C17H27N3O2. The number of carbonyl (C=O) groups excluding carboxylic acids is 2. The third kappa shape index (κ3) is 7.22. The summed E-state index contributed by atoms with van der Waals surface area (Å²) in [5.41, 5.74) is 1.14. The molecule has 0 saturated carbocycles. The van der Waals surface area contributed by atoms with Crippen molar-refractivity contribution in [2.45, 2.75) is 46.3 Å². The molecule has 0 unspecified atom stereocenters. The van der Waals surface area contributed by atoms with Crippen LogP contribution in [0.3, 0.4) is 0 Å². The van der Waals surface area contributed by atoms with E-state index in [1.165, 1.54) is 0 Å². The highest BCUT2D eigenvalue weighted by atomic mass is 16.2. The Balaban J connectivity index is 2.53. The molecule has 1 atom stereocenters. The lowest BCUT2D eigenvalue weighted by molar-refractivity contribution is -0.120. The first-order chi connectivity index (χ1) is 10.4. The third-order valence-corrected chi connectivity index (χ3v) is 3.19. The number of urea groups is 1. The van der Waals surface area contributed by atoms with Gasteiger partial charge in [0, 0.05) is 18.4 Å². The van der Waals surface area contributed by atoms with Gasteiger partial charge in [0.15, 0.2) is 5.78 Å². The number of benzene rings is 1. The number of amides is 2. The molecule has 22 heavy (non-hydrogen) atoms. The number of hydrogen-bond acceptors (Lipinski definition) is 3. The van der Waals surface area contributed by atoms with Crippen LogP contribution in [0, 0.1) is 5.92 Å². The van der Waals surface area contributed by atoms with Crippen LogP contribution in [0.4, 0.5) is 4.79 Å². The number of ketones is 1. The number of nitrogens with one attached hydrogen (secondary N) is 3. The van der Waals surface area contributed by atoms with Gasteiger partial charge < -0.3 is 10.6 Å². The molecule has 0 spiro atoms. The van der Waals surface area contributed by atoms with E-state index in [1.54, 1.807) is 0 Å². The molecule has 122 valence electrons. The standard InChI is InChI=1S/C17H27N3O2/c1-12(2)15(21)11-18-17(22)20-16(19-13(3)4)10-14-8-6-5-7-9-14/h5-9,12-13,16,19H,10-11H2,1-4H3,(H2,18,20,22)/t16-/m1/s1. The molecule has 0 saturated heterocycles. The van der Waals surface area contributed by atoms with Crippen LogP contribution in [0.5, 0.6) is 0 Å². The molecule has 5 heteroatoms. The van der Waals surface area contributed by atoms with Crippen LogP contribution in [-0.4, -0.2) is 30.6 Å². The predicted octanol–water partition coefficient (Wildman–Crippen LogP) is 2.08. The Morgan fingerprint density at radius 1 is 1.05 bits per heavy atom. The van der Waals surface area contributed by atoms with Gasteiger partial charge in [-0.15, -0.1) is 0 Å². The van der Waals surface area contributed by atoms with Crippen molar-refractivity contribution in [3.05, 3.63) is 35.9 Å². The Labute approximate surface area is 132 Å². The van der Waals surface area contributed by atoms with Gasteiger partial charge in [-0.25, -0.2) is 4.79 Å². The molecule has 0 bridgehead atoms. The second-order valence-electron chi connectivity index (χ2n) is 6.01. The lowest BCUT2D eigenvalue weighted by atomic mass is 10.1. The molecule has 0 fully saturated rings. The minimum Gasteiger partial charge on any atom is -0.331 e. The van der Waals surface area contributed by atoms with Crippen molar-refractivity contribution in [3.8, 4) is 0 Å². The van der Waals surface area contributed by atoms with E-state index in [0.717, 1.165) is 5.56 Å². The van der Waals surface area contributed by atoms with Gasteiger partial charge in [-0.3, -0.25) is 10.1 Å². The molecule has 1 rings (SSSR count). The van der Waals surface area contributed by atoms with Crippen molar-refractivity contribution in [1.29, 1.82) is 0 Å². The highest BCUT2D eigenvalue weighted by Crippen LogP contribution is 2.02. The number of hydrogen-bond donors (Lipinski definition) is 3. The Morgan fingerprint density at radius 3 is 2.23 bits per heavy atom. The Morgan fingerprint density at radius 2 is 1.68 bits per heavy atom. The molecule has 1 aromatic rings. The van der Waals surface area contributed by atoms with E-state index in [4.69, 9.17) is 0 Å². The van der Waals surface area contributed by atoms with Crippen molar-refractivity contribution < 1.29 is 9.59 Å². The van der Waals surface area contributed by atoms with Gasteiger partial charge in [0.1, 0.15) is 0 Å². The van der Waals surface area contributed by atoms with Crippen molar-refractivity contribution in [1.82, 2.24) is 16.0 Å². The summed E-state index contributed by atoms with van der Waals surface area (Å²) in [6.45, 7) is 7.75. The molecule has 0 aliphatic carbocycles. The molecular weight excluding hydrogens is 278 g/mol. The second kappa shape index (κ2) is 9.20. The van der Waals surface area contributed by atoms with Gasteiger partial charge >= 0.3 is 6.03 Å².